The zero-order valence-corrected chi connectivity index (χ0v) is 8.59. The molecule has 2 N–H and O–H groups in total. The molecular formula is C7H18Cl2N2. The largest absolute Gasteiger partial charge is 0.330 e. The zero-order chi connectivity index (χ0) is 6.69. The molecular weight excluding hydrogens is 183 g/mol. The molecule has 1 aliphatic heterocycles. The molecule has 4 heteroatoms. The number of hydrogen-bond acceptors (Lipinski definition) is 2. The minimum Gasteiger partial charge on any atom is -0.330 e. The number of nitrogens with zero attached hydrogens (tertiary/aromatic N) is 1. The SMILES string of the molecule is CN1CCCC1CCN.Cl.Cl. The summed E-state index contributed by atoms with van der Waals surface area (Å²) in [6.07, 6.45) is 3.89. The van der Waals surface area contributed by atoms with Gasteiger partial charge in [0.15, 0.2) is 0 Å². The highest BCUT2D eigenvalue weighted by molar-refractivity contribution is 5.85. The second-order valence-corrected chi connectivity index (χ2v) is 2.85. The van der Waals surface area contributed by atoms with Crippen molar-refractivity contribution in [2.45, 2.75) is 25.3 Å². The van der Waals surface area contributed by atoms with Crippen LogP contribution in [0.3, 0.4) is 0 Å². The van der Waals surface area contributed by atoms with Crippen LogP contribution in [0.2, 0.25) is 0 Å². The van der Waals surface area contributed by atoms with E-state index in [1.807, 2.05) is 0 Å². The van der Waals surface area contributed by atoms with E-state index in [0.717, 1.165) is 12.6 Å². The molecule has 1 rings (SSSR count). The summed E-state index contributed by atoms with van der Waals surface area (Å²) in [5, 5.41) is 0. The van der Waals surface area contributed by atoms with Crippen LogP contribution >= 0.6 is 24.8 Å². The fourth-order valence-electron chi connectivity index (χ4n) is 1.54. The van der Waals surface area contributed by atoms with Crippen molar-refractivity contribution in [3.05, 3.63) is 0 Å². The summed E-state index contributed by atoms with van der Waals surface area (Å²) in [7, 11) is 2.19. The highest BCUT2D eigenvalue weighted by Gasteiger charge is 2.18. The summed E-state index contributed by atoms with van der Waals surface area (Å²) in [5.41, 5.74) is 5.44. The van der Waals surface area contributed by atoms with E-state index in [1.54, 1.807) is 0 Å². The van der Waals surface area contributed by atoms with Crippen molar-refractivity contribution in [3.63, 3.8) is 0 Å². The van der Waals surface area contributed by atoms with Crippen molar-refractivity contribution in [1.29, 1.82) is 0 Å². The van der Waals surface area contributed by atoms with Crippen molar-refractivity contribution < 1.29 is 0 Å². The van der Waals surface area contributed by atoms with E-state index in [9.17, 15) is 0 Å². The molecule has 0 aromatic carbocycles. The number of halogens is 2. The molecule has 0 amide bonds. The first-order valence-electron chi connectivity index (χ1n) is 3.75. The third-order valence-corrected chi connectivity index (χ3v) is 2.17. The third-order valence-electron chi connectivity index (χ3n) is 2.17. The van der Waals surface area contributed by atoms with Gasteiger partial charge in [0.25, 0.3) is 0 Å². The lowest BCUT2D eigenvalue weighted by molar-refractivity contribution is 0.299. The summed E-state index contributed by atoms with van der Waals surface area (Å²) >= 11 is 0. The smallest absolute Gasteiger partial charge is 0.0105 e. The van der Waals surface area contributed by atoms with Crippen LogP contribution in [0.25, 0.3) is 0 Å². The summed E-state index contributed by atoms with van der Waals surface area (Å²) in [6.45, 7) is 2.11. The van der Waals surface area contributed by atoms with Gasteiger partial charge in [-0.3, -0.25) is 0 Å². The van der Waals surface area contributed by atoms with Gasteiger partial charge < -0.3 is 10.6 Å². The molecule has 1 heterocycles. The zero-order valence-electron chi connectivity index (χ0n) is 6.95. The van der Waals surface area contributed by atoms with Crippen LogP contribution in [-0.4, -0.2) is 31.1 Å². The summed E-state index contributed by atoms with van der Waals surface area (Å²) in [5.74, 6) is 0. The van der Waals surface area contributed by atoms with E-state index in [4.69, 9.17) is 5.73 Å². The van der Waals surface area contributed by atoms with Gasteiger partial charge in [0.1, 0.15) is 0 Å². The van der Waals surface area contributed by atoms with Gasteiger partial charge in [-0.15, -0.1) is 24.8 Å². The average Bonchev–Trinajstić information content (AvgIpc) is 2.18. The second kappa shape index (κ2) is 7.17. The Bertz CT molecular complexity index is 90.5. The molecule has 1 unspecified atom stereocenters. The molecule has 1 fully saturated rings. The predicted molar refractivity (Wildman–Crippen MR) is 53.8 cm³/mol. The number of hydrogen-bond donors (Lipinski definition) is 1. The Kier molecular flexibility index (Phi) is 9.15. The summed E-state index contributed by atoms with van der Waals surface area (Å²) < 4.78 is 0. The van der Waals surface area contributed by atoms with Crippen molar-refractivity contribution >= 4 is 24.8 Å². The van der Waals surface area contributed by atoms with Gasteiger partial charge in [0.05, 0.1) is 0 Å². The highest BCUT2D eigenvalue weighted by Crippen LogP contribution is 2.16. The lowest BCUT2D eigenvalue weighted by atomic mass is 10.1. The topological polar surface area (TPSA) is 29.3 Å². The first-order valence-corrected chi connectivity index (χ1v) is 3.75. The summed E-state index contributed by atoms with van der Waals surface area (Å²) in [4.78, 5) is 2.41. The molecule has 0 aromatic rings. The van der Waals surface area contributed by atoms with Gasteiger partial charge in [-0.05, 0) is 39.4 Å². The van der Waals surface area contributed by atoms with E-state index in [2.05, 4.69) is 11.9 Å². The van der Waals surface area contributed by atoms with Crippen LogP contribution in [0.1, 0.15) is 19.3 Å². The maximum atomic E-state index is 5.44. The first kappa shape index (κ1) is 14.0. The predicted octanol–water partition coefficient (Wildman–Crippen LogP) is 1.27. The van der Waals surface area contributed by atoms with E-state index >= 15 is 0 Å². The van der Waals surface area contributed by atoms with E-state index in [1.165, 1.54) is 25.8 Å². The quantitative estimate of drug-likeness (QED) is 0.729. The third kappa shape index (κ3) is 4.16. The van der Waals surface area contributed by atoms with Crippen molar-refractivity contribution in [2.24, 2.45) is 5.73 Å². The minimum atomic E-state index is 0. The fraction of sp³-hybridized carbons (Fsp3) is 1.00. The molecule has 0 aromatic heterocycles. The Morgan fingerprint density at radius 3 is 2.45 bits per heavy atom. The van der Waals surface area contributed by atoms with Crippen LogP contribution in [0.5, 0.6) is 0 Å². The molecule has 0 spiro atoms. The van der Waals surface area contributed by atoms with Crippen LogP contribution in [-0.2, 0) is 0 Å². The monoisotopic (exact) mass is 200 g/mol. The molecule has 11 heavy (non-hydrogen) atoms. The average molecular weight is 201 g/mol. The Morgan fingerprint density at radius 2 is 2.09 bits per heavy atom. The number of likely N-dealkylation sites (tertiary alicyclic amines) is 1. The molecule has 2 nitrogen and oxygen atoms in total. The van der Waals surface area contributed by atoms with E-state index in [0.29, 0.717) is 0 Å². The molecule has 1 saturated heterocycles. The molecule has 0 bridgehead atoms. The maximum absolute atomic E-state index is 5.44. The molecule has 1 aliphatic rings. The molecule has 0 radical (unpaired) electrons. The molecule has 1 atom stereocenters. The van der Waals surface area contributed by atoms with E-state index < -0.39 is 0 Å². The van der Waals surface area contributed by atoms with Gasteiger partial charge in [-0.1, -0.05) is 0 Å². The van der Waals surface area contributed by atoms with E-state index in [-0.39, 0.29) is 24.8 Å². The minimum absolute atomic E-state index is 0. The normalized spacial score (nSPS) is 24.0. The van der Waals surface area contributed by atoms with Crippen LogP contribution in [0.4, 0.5) is 0 Å². The highest BCUT2D eigenvalue weighted by atomic mass is 35.5. The van der Waals surface area contributed by atoms with Gasteiger partial charge in [0, 0.05) is 6.04 Å². The molecule has 0 aliphatic carbocycles. The standard InChI is InChI=1S/C7H16N2.2ClH/c1-9-6-2-3-7(9)4-5-8;;/h7H,2-6,8H2,1H3;2*1H. The van der Waals surface area contributed by atoms with Crippen molar-refractivity contribution in [2.75, 3.05) is 20.1 Å². The number of nitrogens with two attached hydrogens (primary N) is 1. The van der Waals surface area contributed by atoms with Crippen molar-refractivity contribution in [3.8, 4) is 0 Å². The van der Waals surface area contributed by atoms with Crippen LogP contribution < -0.4 is 5.73 Å². The Labute approximate surface area is 81.3 Å². The summed E-state index contributed by atoms with van der Waals surface area (Å²) in [6, 6.07) is 0.787. The van der Waals surface area contributed by atoms with Gasteiger partial charge in [-0.25, -0.2) is 0 Å². The van der Waals surface area contributed by atoms with Crippen LogP contribution in [0.15, 0.2) is 0 Å². The maximum Gasteiger partial charge on any atom is 0.0105 e. The van der Waals surface area contributed by atoms with Gasteiger partial charge in [0.2, 0.25) is 0 Å². The lowest BCUT2D eigenvalue weighted by Crippen LogP contribution is -2.27. The van der Waals surface area contributed by atoms with Crippen LogP contribution in [0, 0.1) is 0 Å². The van der Waals surface area contributed by atoms with Gasteiger partial charge in [-0.2, -0.15) is 0 Å². The number of rotatable bonds is 2. The Balaban J connectivity index is 0. The molecule has 70 valence electrons. The fourth-order valence-corrected chi connectivity index (χ4v) is 1.54. The molecule has 0 saturated carbocycles. The van der Waals surface area contributed by atoms with Crippen molar-refractivity contribution in [1.82, 2.24) is 4.90 Å². The van der Waals surface area contributed by atoms with Gasteiger partial charge >= 0.3 is 0 Å². The lowest BCUT2D eigenvalue weighted by Gasteiger charge is -2.17. The second-order valence-electron chi connectivity index (χ2n) is 2.85. The Hall–Kier alpha value is 0.500. The first-order chi connectivity index (χ1) is 4.34. The Morgan fingerprint density at radius 1 is 1.45 bits per heavy atom.